The molecule has 0 radical (unpaired) electrons. The topological polar surface area (TPSA) is 77.3 Å². The predicted molar refractivity (Wildman–Crippen MR) is 61.0 cm³/mol. The number of fused-ring (bicyclic) bond motifs is 1. The van der Waals surface area contributed by atoms with Crippen LogP contribution < -0.4 is 10.1 Å². The highest BCUT2D eigenvalue weighted by Gasteiger charge is 2.22. The Hall–Kier alpha value is -2.37. The largest absolute Gasteiger partial charge is 0.483 e. The number of nitrogens with zero attached hydrogens (tertiary/aromatic N) is 2. The van der Waals surface area contributed by atoms with E-state index in [0.717, 1.165) is 5.56 Å². The molecule has 2 heterocycles. The molecule has 1 amide bonds. The number of rotatable bonds is 3. The summed E-state index contributed by atoms with van der Waals surface area (Å²) in [5, 5.41) is 10.3. The van der Waals surface area contributed by atoms with E-state index >= 15 is 0 Å². The fraction of sp³-hybridized carbons (Fsp3) is 0.250. The number of nitrogens with one attached hydrogen (secondary N) is 1. The standard InChI is InChI=1S/C12H11N3O3/c1-7-14-15-11(18-7)6-17-10-4-2-3-8-9(10)5-13-12(8)16/h2-4H,5-6H2,1H3,(H,13,16). The van der Waals surface area contributed by atoms with E-state index in [1.165, 1.54) is 0 Å². The Morgan fingerprint density at radius 1 is 1.44 bits per heavy atom. The summed E-state index contributed by atoms with van der Waals surface area (Å²) in [5.74, 6) is 1.52. The van der Waals surface area contributed by atoms with E-state index in [9.17, 15) is 4.79 Å². The zero-order valence-corrected chi connectivity index (χ0v) is 9.77. The summed E-state index contributed by atoms with van der Waals surface area (Å²) >= 11 is 0. The minimum Gasteiger partial charge on any atom is -0.483 e. The zero-order chi connectivity index (χ0) is 12.5. The first-order valence-corrected chi connectivity index (χ1v) is 5.56. The van der Waals surface area contributed by atoms with Crippen molar-refractivity contribution in [3.8, 4) is 5.75 Å². The average molecular weight is 245 g/mol. The van der Waals surface area contributed by atoms with Gasteiger partial charge in [-0.15, -0.1) is 10.2 Å². The van der Waals surface area contributed by atoms with Gasteiger partial charge in [-0.25, -0.2) is 0 Å². The molecule has 92 valence electrons. The van der Waals surface area contributed by atoms with Crippen LogP contribution in [0.1, 0.15) is 27.7 Å². The van der Waals surface area contributed by atoms with Crippen molar-refractivity contribution >= 4 is 5.91 Å². The minimum absolute atomic E-state index is 0.0657. The molecule has 1 aliphatic rings. The normalized spacial score (nSPS) is 13.3. The summed E-state index contributed by atoms with van der Waals surface area (Å²) in [6.45, 7) is 2.41. The molecule has 0 aliphatic carbocycles. The van der Waals surface area contributed by atoms with Gasteiger partial charge in [0.15, 0.2) is 6.61 Å². The molecule has 18 heavy (non-hydrogen) atoms. The van der Waals surface area contributed by atoms with Crippen molar-refractivity contribution in [1.82, 2.24) is 15.5 Å². The van der Waals surface area contributed by atoms with Crippen molar-refractivity contribution in [2.75, 3.05) is 0 Å². The van der Waals surface area contributed by atoms with E-state index in [0.29, 0.717) is 29.6 Å². The van der Waals surface area contributed by atoms with Gasteiger partial charge in [0, 0.05) is 24.6 Å². The van der Waals surface area contributed by atoms with Crippen LogP contribution in [0.3, 0.4) is 0 Å². The van der Waals surface area contributed by atoms with Gasteiger partial charge in [0.05, 0.1) is 0 Å². The van der Waals surface area contributed by atoms with Crippen LogP contribution in [0.4, 0.5) is 0 Å². The number of hydrogen-bond acceptors (Lipinski definition) is 5. The van der Waals surface area contributed by atoms with Gasteiger partial charge in [-0.2, -0.15) is 0 Å². The number of benzene rings is 1. The van der Waals surface area contributed by atoms with Crippen LogP contribution in [-0.4, -0.2) is 16.1 Å². The van der Waals surface area contributed by atoms with Crippen LogP contribution in [0, 0.1) is 6.92 Å². The van der Waals surface area contributed by atoms with Gasteiger partial charge in [0.2, 0.25) is 5.89 Å². The van der Waals surface area contributed by atoms with Crippen LogP contribution >= 0.6 is 0 Å². The zero-order valence-electron chi connectivity index (χ0n) is 9.77. The van der Waals surface area contributed by atoms with Crippen molar-refractivity contribution in [2.24, 2.45) is 0 Å². The fourth-order valence-electron chi connectivity index (χ4n) is 1.90. The van der Waals surface area contributed by atoms with E-state index in [4.69, 9.17) is 9.15 Å². The van der Waals surface area contributed by atoms with E-state index in [1.54, 1.807) is 19.1 Å². The summed E-state index contributed by atoms with van der Waals surface area (Å²) < 4.78 is 10.8. The minimum atomic E-state index is -0.0657. The number of carbonyl (C=O) groups is 1. The molecule has 1 aliphatic heterocycles. The third-order valence-corrected chi connectivity index (χ3v) is 2.72. The lowest BCUT2D eigenvalue weighted by molar-refractivity contribution is 0.0966. The highest BCUT2D eigenvalue weighted by molar-refractivity contribution is 5.99. The van der Waals surface area contributed by atoms with Crippen LogP contribution in [0.2, 0.25) is 0 Å². The molecule has 0 unspecified atom stereocenters. The lowest BCUT2D eigenvalue weighted by Crippen LogP contribution is -2.12. The molecular formula is C12H11N3O3. The fourth-order valence-corrected chi connectivity index (χ4v) is 1.90. The number of hydrogen-bond donors (Lipinski definition) is 1. The Morgan fingerprint density at radius 3 is 3.11 bits per heavy atom. The van der Waals surface area contributed by atoms with Crippen molar-refractivity contribution in [3.63, 3.8) is 0 Å². The molecule has 0 saturated heterocycles. The van der Waals surface area contributed by atoms with Gasteiger partial charge in [0.1, 0.15) is 5.75 Å². The lowest BCUT2D eigenvalue weighted by atomic mass is 10.1. The van der Waals surface area contributed by atoms with E-state index in [2.05, 4.69) is 15.5 Å². The molecule has 6 nitrogen and oxygen atoms in total. The summed E-state index contributed by atoms with van der Waals surface area (Å²) in [4.78, 5) is 11.5. The molecule has 0 spiro atoms. The number of amides is 1. The molecular weight excluding hydrogens is 234 g/mol. The summed E-state index contributed by atoms with van der Waals surface area (Å²) in [6.07, 6.45) is 0. The first kappa shape index (κ1) is 10.8. The van der Waals surface area contributed by atoms with Gasteiger partial charge in [0.25, 0.3) is 11.8 Å². The Bertz CT molecular complexity index is 606. The van der Waals surface area contributed by atoms with Crippen LogP contribution in [0.25, 0.3) is 0 Å². The molecule has 0 bridgehead atoms. The Balaban J connectivity index is 1.80. The summed E-state index contributed by atoms with van der Waals surface area (Å²) in [6, 6.07) is 5.39. The van der Waals surface area contributed by atoms with Crippen LogP contribution in [0.15, 0.2) is 22.6 Å². The molecule has 2 aromatic rings. The number of ether oxygens (including phenoxy) is 1. The van der Waals surface area contributed by atoms with Gasteiger partial charge in [-0.1, -0.05) is 6.07 Å². The number of carbonyl (C=O) groups excluding carboxylic acids is 1. The Labute approximate surface area is 103 Å². The maximum absolute atomic E-state index is 11.5. The summed E-state index contributed by atoms with van der Waals surface area (Å²) in [7, 11) is 0. The van der Waals surface area contributed by atoms with Crippen molar-refractivity contribution in [3.05, 3.63) is 41.1 Å². The van der Waals surface area contributed by atoms with Crippen molar-refractivity contribution in [2.45, 2.75) is 20.1 Å². The Morgan fingerprint density at radius 2 is 2.33 bits per heavy atom. The van der Waals surface area contributed by atoms with Crippen LogP contribution in [-0.2, 0) is 13.2 Å². The highest BCUT2D eigenvalue weighted by Crippen LogP contribution is 2.26. The second-order valence-electron chi connectivity index (χ2n) is 3.97. The van der Waals surface area contributed by atoms with Gasteiger partial charge >= 0.3 is 0 Å². The average Bonchev–Trinajstić information content (AvgIpc) is 2.94. The molecule has 0 fully saturated rings. The molecule has 1 aromatic heterocycles. The van der Waals surface area contributed by atoms with Crippen molar-refractivity contribution in [1.29, 1.82) is 0 Å². The molecule has 1 N–H and O–H groups in total. The summed E-state index contributed by atoms with van der Waals surface area (Å²) in [5.41, 5.74) is 1.54. The quantitative estimate of drug-likeness (QED) is 0.879. The Kier molecular flexibility index (Phi) is 2.47. The second kappa shape index (κ2) is 4.14. The SMILES string of the molecule is Cc1nnc(COc2cccc3c2CNC3=O)o1. The third kappa shape index (κ3) is 1.81. The molecule has 6 heteroatoms. The predicted octanol–water partition coefficient (Wildman–Crippen LogP) is 1.20. The van der Waals surface area contributed by atoms with Gasteiger partial charge in [-0.3, -0.25) is 4.79 Å². The highest BCUT2D eigenvalue weighted by atomic mass is 16.5. The first-order chi connectivity index (χ1) is 8.74. The monoisotopic (exact) mass is 245 g/mol. The maximum atomic E-state index is 11.5. The van der Waals surface area contributed by atoms with Crippen molar-refractivity contribution < 1.29 is 13.9 Å². The third-order valence-electron chi connectivity index (χ3n) is 2.72. The second-order valence-corrected chi connectivity index (χ2v) is 3.97. The maximum Gasteiger partial charge on any atom is 0.253 e. The van der Waals surface area contributed by atoms with E-state index < -0.39 is 0 Å². The number of aryl methyl sites for hydroxylation is 1. The van der Waals surface area contributed by atoms with Gasteiger partial charge < -0.3 is 14.5 Å². The van der Waals surface area contributed by atoms with E-state index in [1.807, 2.05) is 6.07 Å². The number of aromatic nitrogens is 2. The van der Waals surface area contributed by atoms with E-state index in [-0.39, 0.29) is 12.5 Å². The van der Waals surface area contributed by atoms with Gasteiger partial charge in [-0.05, 0) is 12.1 Å². The molecule has 0 atom stereocenters. The smallest absolute Gasteiger partial charge is 0.253 e. The molecule has 3 rings (SSSR count). The first-order valence-electron chi connectivity index (χ1n) is 5.56. The van der Waals surface area contributed by atoms with Crippen LogP contribution in [0.5, 0.6) is 5.75 Å². The lowest BCUT2D eigenvalue weighted by Gasteiger charge is -2.07. The molecule has 0 saturated carbocycles. The molecule has 1 aromatic carbocycles.